The molecule has 0 saturated carbocycles. The minimum Gasteiger partial charge on any atom is -0.384 e. The lowest BCUT2D eigenvalue weighted by molar-refractivity contribution is -0.144. The van der Waals surface area contributed by atoms with Crippen molar-refractivity contribution >= 4 is 28.9 Å². The number of hydrogen-bond donors (Lipinski definition) is 2. The Balaban J connectivity index is 2.36. The molecule has 0 spiro atoms. The van der Waals surface area contributed by atoms with Gasteiger partial charge in [-0.05, 0) is 24.6 Å². The van der Waals surface area contributed by atoms with Crippen LogP contribution >= 0.6 is 11.6 Å². The van der Waals surface area contributed by atoms with Gasteiger partial charge in [0.1, 0.15) is 11.6 Å². The molecular formula is C12H10ClF3N4. The third-order valence-electron chi connectivity index (χ3n) is 2.39. The van der Waals surface area contributed by atoms with Crippen molar-refractivity contribution in [1.29, 1.82) is 0 Å². The number of benzene rings is 1. The monoisotopic (exact) mass is 302 g/mol. The first-order valence-electron chi connectivity index (χ1n) is 5.50. The molecule has 1 aromatic heterocycles. The summed E-state index contributed by atoms with van der Waals surface area (Å²) < 4.78 is 37.8. The van der Waals surface area contributed by atoms with Gasteiger partial charge in [0.15, 0.2) is 0 Å². The zero-order valence-corrected chi connectivity index (χ0v) is 11.0. The van der Waals surface area contributed by atoms with Gasteiger partial charge in [0.25, 0.3) is 0 Å². The third-order valence-corrected chi connectivity index (χ3v) is 2.70. The molecule has 0 unspecified atom stereocenters. The molecule has 8 heteroatoms. The topological polar surface area (TPSA) is 63.8 Å². The second kappa shape index (κ2) is 5.16. The quantitative estimate of drug-likeness (QED) is 0.886. The van der Waals surface area contributed by atoms with Crippen LogP contribution in [0.1, 0.15) is 11.4 Å². The molecule has 0 radical (unpaired) electrons. The van der Waals surface area contributed by atoms with Crippen molar-refractivity contribution in [3.63, 3.8) is 0 Å². The lowest BCUT2D eigenvalue weighted by atomic mass is 10.2. The van der Waals surface area contributed by atoms with Crippen molar-refractivity contribution < 1.29 is 13.2 Å². The maximum atomic E-state index is 12.6. The van der Waals surface area contributed by atoms with Gasteiger partial charge in [-0.1, -0.05) is 17.7 Å². The van der Waals surface area contributed by atoms with Crippen molar-refractivity contribution in [3.05, 3.63) is 40.7 Å². The summed E-state index contributed by atoms with van der Waals surface area (Å²) in [5.74, 6) is -1.66. The van der Waals surface area contributed by atoms with Crippen molar-refractivity contribution in [1.82, 2.24) is 9.97 Å². The van der Waals surface area contributed by atoms with Crippen molar-refractivity contribution in [2.75, 3.05) is 11.1 Å². The number of hydrogen-bond acceptors (Lipinski definition) is 4. The van der Waals surface area contributed by atoms with Crippen LogP contribution in [-0.4, -0.2) is 9.97 Å². The van der Waals surface area contributed by atoms with E-state index in [1.54, 1.807) is 18.2 Å². The van der Waals surface area contributed by atoms with Gasteiger partial charge in [0.2, 0.25) is 5.82 Å². The highest BCUT2D eigenvalue weighted by Crippen LogP contribution is 2.30. The fourth-order valence-electron chi connectivity index (χ4n) is 1.52. The van der Waals surface area contributed by atoms with E-state index in [1.165, 1.54) is 6.07 Å². The fraction of sp³-hybridized carbons (Fsp3) is 0.167. The zero-order valence-electron chi connectivity index (χ0n) is 10.3. The van der Waals surface area contributed by atoms with Crippen molar-refractivity contribution in [3.8, 4) is 0 Å². The molecule has 0 aliphatic rings. The van der Waals surface area contributed by atoms with Crippen LogP contribution in [0.15, 0.2) is 24.3 Å². The van der Waals surface area contributed by atoms with Crippen LogP contribution in [0.2, 0.25) is 5.02 Å². The molecule has 0 bridgehead atoms. The minimum atomic E-state index is -4.66. The van der Waals surface area contributed by atoms with E-state index in [2.05, 4.69) is 15.3 Å². The number of rotatable bonds is 2. The molecular weight excluding hydrogens is 293 g/mol. The van der Waals surface area contributed by atoms with E-state index >= 15 is 0 Å². The summed E-state index contributed by atoms with van der Waals surface area (Å²) in [5.41, 5.74) is 6.71. The molecule has 0 atom stereocenters. The molecule has 0 saturated heterocycles. The number of halogens is 4. The maximum absolute atomic E-state index is 12.6. The van der Waals surface area contributed by atoms with Crippen LogP contribution in [0.5, 0.6) is 0 Å². The standard InChI is InChI=1S/C12H10ClF3N4/c1-6-2-3-8(7(13)4-6)18-10-5-9(17)19-11(20-10)12(14,15)16/h2-5H,1H3,(H3,17,18,19,20). The minimum absolute atomic E-state index is 0.0735. The number of nitrogens with two attached hydrogens (primary N) is 1. The van der Waals surface area contributed by atoms with E-state index in [0.717, 1.165) is 5.56 Å². The van der Waals surface area contributed by atoms with Gasteiger partial charge < -0.3 is 11.1 Å². The highest BCUT2D eigenvalue weighted by Gasteiger charge is 2.35. The lowest BCUT2D eigenvalue weighted by Gasteiger charge is -2.11. The van der Waals surface area contributed by atoms with Gasteiger partial charge in [-0.15, -0.1) is 0 Å². The summed E-state index contributed by atoms with van der Waals surface area (Å²) in [6.45, 7) is 1.85. The van der Waals surface area contributed by atoms with Gasteiger partial charge in [-0.3, -0.25) is 0 Å². The molecule has 0 aliphatic heterocycles. The smallest absolute Gasteiger partial charge is 0.384 e. The van der Waals surface area contributed by atoms with E-state index in [1.807, 2.05) is 6.92 Å². The molecule has 0 aliphatic carbocycles. The Bertz CT molecular complexity index is 643. The number of aromatic nitrogens is 2. The fourth-order valence-corrected chi connectivity index (χ4v) is 1.80. The maximum Gasteiger partial charge on any atom is 0.451 e. The molecule has 20 heavy (non-hydrogen) atoms. The van der Waals surface area contributed by atoms with Gasteiger partial charge in [0.05, 0.1) is 10.7 Å². The highest BCUT2D eigenvalue weighted by atomic mass is 35.5. The zero-order chi connectivity index (χ0) is 14.9. The van der Waals surface area contributed by atoms with E-state index in [4.69, 9.17) is 17.3 Å². The van der Waals surface area contributed by atoms with Crippen LogP contribution < -0.4 is 11.1 Å². The van der Waals surface area contributed by atoms with Gasteiger partial charge in [0, 0.05) is 6.07 Å². The second-order valence-electron chi connectivity index (χ2n) is 4.11. The van der Waals surface area contributed by atoms with Crippen LogP contribution in [0.25, 0.3) is 0 Å². The van der Waals surface area contributed by atoms with Gasteiger partial charge in [-0.25, -0.2) is 9.97 Å². The SMILES string of the molecule is Cc1ccc(Nc2cc(N)nc(C(F)(F)F)n2)c(Cl)c1. The predicted molar refractivity (Wildman–Crippen MR) is 70.9 cm³/mol. The Labute approximate surface area is 117 Å². The summed E-state index contributed by atoms with van der Waals surface area (Å²) in [7, 11) is 0. The van der Waals surface area contributed by atoms with E-state index in [9.17, 15) is 13.2 Å². The predicted octanol–water partition coefficient (Wildman–Crippen LogP) is 3.78. The summed E-state index contributed by atoms with van der Waals surface area (Å²) in [4.78, 5) is 6.53. The number of nitrogens with zero attached hydrogens (tertiary/aromatic N) is 2. The van der Waals surface area contributed by atoms with Gasteiger partial charge in [-0.2, -0.15) is 13.2 Å². The second-order valence-corrected chi connectivity index (χ2v) is 4.51. The number of nitrogen functional groups attached to an aromatic ring is 1. The molecule has 106 valence electrons. The average Bonchev–Trinajstić information content (AvgIpc) is 2.31. The van der Waals surface area contributed by atoms with Crippen molar-refractivity contribution in [2.45, 2.75) is 13.1 Å². The Morgan fingerprint density at radius 2 is 1.90 bits per heavy atom. The molecule has 1 aromatic carbocycles. The van der Waals surface area contributed by atoms with E-state index in [-0.39, 0.29) is 11.6 Å². The molecule has 4 nitrogen and oxygen atoms in total. The first-order valence-corrected chi connectivity index (χ1v) is 5.88. The Morgan fingerprint density at radius 3 is 2.50 bits per heavy atom. The molecule has 3 N–H and O–H groups in total. The highest BCUT2D eigenvalue weighted by molar-refractivity contribution is 6.33. The molecule has 2 rings (SSSR count). The molecule has 1 heterocycles. The van der Waals surface area contributed by atoms with Crippen LogP contribution in [0.3, 0.4) is 0 Å². The van der Waals surface area contributed by atoms with Crippen LogP contribution in [0.4, 0.5) is 30.5 Å². The number of nitrogens with one attached hydrogen (secondary N) is 1. The number of alkyl halides is 3. The van der Waals surface area contributed by atoms with Crippen molar-refractivity contribution in [2.24, 2.45) is 0 Å². The summed E-state index contributed by atoms with van der Waals surface area (Å²) in [6, 6.07) is 6.29. The first kappa shape index (κ1) is 14.4. The largest absolute Gasteiger partial charge is 0.451 e. The van der Waals surface area contributed by atoms with Crippen LogP contribution in [-0.2, 0) is 6.18 Å². The molecule has 0 amide bonds. The normalized spacial score (nSPS) is 11.4. The lowest BCUT2D eigenvalue weighted by Crippen LogP contribution is -2.13. The number of anilines is 3. The van der Waals surface area contributed by atoms with E-state index in [0.29, 0.717) is 10.7 Å². The Morgan fingerprint density at radius 1 is 1.20 bits per heavy atom. The van der Waals surface area contributed by atoms with Crippen LogP contribution in [0, 0.1) is 6.92 Å². The molecule has 0 fully saturated rings. The van der Waals surface area contributed by atoms with E-state index < -0.39 is 12.0 Å². The number of aryl methyl sites for hydroxylation is 1. The molecule has 2 aromatic rings. The summed E-state index contributed by atoms with van der Waals surface area (Å²) in [5, 5.41) is 3.06. The third kappa shape index (κ3) is 3.30. The average molecular weight is 303 g/mol. The summed E-state index contributed by atoms with van der Waals surface area (Å²) >= 11 is 5.99. The Kier molecular flexibility index (Phi) is 3.71. The Hall–Kier alpha value is -2.02. The first-order chi connectivity index (χ1) is 9.25. The van der Waals surface area contributed by atoms with Gasteiger partial charge >= 0.3 is 6.18 Å². The summed E-state index contributed by atoms with van der Waals surface area (Å²) in [6.07, 6.45) is -4.66.